The Labute approximate surface area is 160 Å². The lowest BCUT2D eigenvalue weighted by Gasteiger charge is -2.32. The van der Waals surface area contributed by atoms with E-state index in [1.807, 2.05) is 52.5 Å². The average Bonchev–Trinajstić information content (AvgIpc) is 2.68. The molecule has 0 saturated carbocycles. The molecule has 2 aromatic rings. The van der Waals surface area contributed by atoms with E-state index < -0.39 is 0 Å². The Morgan fingerprint density at radius 2 is 1.89 bits per heavy atom. The highest BCUT2D eigenvalue weighted by atomic mass is 15.2. The molecule has 0 saturated heterocycles. The third-order valence-electron chi connectivity index (χ3n) is 4.83. The number of pyridine rings is 1. The molecule has 3 N–H and O–H groups in total. The molecule has 2 aromatic heterocycles. The van der Waals surface area contributed by atoms with Gasteiger partial charge in [-0.15, -0.1) is 0 Å². The highest BCUT2D eigenvalue weighted by molar-refractivity contribution is 5.98. The molecular weight excluding hydrogens is 338 g/mol. The van der Waals surface area contributed by atoms with Gasteiger partial charge in [0.2, 0.25) is 0 Å². The van der Waals surface area contributed by atoms with E-state index in [4.69, 9.17) is 5.41 Å². The van der Waals surface area contributed by atoms with Gasteiger partial charge in [0.15, 0.2) is 0 Å². The topological polar surface area (TPSA) is 89.8 Å². The van der Waals surface area contributed by atoms with Crippen LogP contribution in [0, 0.1) is 19.3 Å². The average molecular weight is 365 g/mol. The maximum absolute atomic E-state index is 8.63. The summed E-state index contributed by atoms with van der Waals surface area (Å²) in [6.45, 7) is 7.45. The highest BCUT2D eigenvalue weighted by Crippen LogP contribution is 2.22. The van der Waals surface area contributed by atoms with Crippen LogP contribution >= 0.6 is 0 Å². The van der Waals surface area contributed by atoms with Crippen LogP contribution in [0.1, 0.15) is 36.3 Å². The Morgan fingerprint density at radius 1 is 1.15 bits per heavy atom. The van der Waals surface area contributed by atoms with Gasteiger partial charge in [0.25, 0.3) is 0 Å². The standard InChI is InChI=1S/C20H27N7/c1-13-5-6-19(25-9-13)27-8-7-18(22-4)17(12-27)20(21)26-14(2)16-10-23-15(3)24-11-16/h5-6,9-11,14,22H,7-8,12H2,1-4H3,(H2,21,26)/t14-/m1/s1. The van der Waals surface area contributed by atoms with Crippen molar-refractivity contribution in [2.75, 3.05) is 25.0 Å². The predicted octanol–water partition coefficient (Wildman–Crippen LogP) is 2.50. The third-order valence-corrected chi connectivity index (χ3v) is 4.83. The van der Waals surface area contributed by atoms with Crippen LogP contribution in [0.2, 0.25) is 0 Å². The molecule has 0 radical (unpaired) electrons. The summed E-state index contributed by atoms with van der Waals surface area (Å²) in [6, 6.07) is 4.07. The van der Waals surface area contributed by atoms with Gasteiger partial charge >= 0.3 is 0 Å². The van der Waals surface area contributed by atoms with Crippen LogP contribution in [0.25, 0.3) is 0 Å². The first-order valence-corrected chi connectivity index (χ1v) is 9.19. The van der Waals surface area contributed by atoms with E-state index in [9.17, 15) is 0 Å². The number of rotatable bonds is 5. The van der Waals surface area contributed by atoms with Crippen molar-refractivity contribution < 1.29 is 0 Å². The lowest BCUT2D eigenvalue weighted by molar-refractivity contribution is 0.680. The third kappa shape index (κ3) is 4.42. The van der Waals surface area contributed by atoms with Crippen LogP contribution in [-0.2, 0) is 0 Å². The van der Waals surface area contributed by atoms with Gasteiger partial charge in [-0.2, -0.15) is 0 Å². The van der Waals surface area contributed by atoms with Crippen molar-refractivity contribution in [2.45, 2.75) is 33.2 Å². The van der Waals surface area contributed by atoms with Crippen LogP contribution in [0.5, 0.6) is 0 Å². The Morgan fingerprint density at radius 3 is 2.52 bits per heavy atom. The van der Waals surface area contributed by atoms with Crippen molar-refractivity contribution in [3.63, 3.8) is 0 Å². The zero-order valence-electron chi connectivity index (χ0n) is 16.4. The Bertz CT molecular complexity index is 824. The second kappa shape index (κ2) is 8.16. The Hall–Kier alpha value is -2.96. The van der Waals surface area contributed by atoms with E-state index >= 15 is 0 Å². The molecule has 0 bridgehead atoms. The molecule has 0 amide bonds. The minimum Gasteiger partial charge on any atom is -0.391 e. The summed E-state index contributed by atoms with van der Waals surface area (Å²) < 4.78 is 0. The molecule has 3 rings (SSSR count). The van der Waals surface area contributed by atoms with E-state index in [1.165, 1.54) is 0 Å². The maximum Gasteiger partial charge on any atom is 0.128 e. The smallest absolute Gasteiger partial charge is 0.128 e. The van der Waals surface area contributed by atoms with E-state index in [0.29, 0.717) is 12.4 Å². The summed E-state index contributed by atoms with van der Waals surface area (Å²) in [4.78, 5) is 15.2. The molecule has 7 nitrogen and oxygen atoms in total. The summed E-state index contributed by atoms with van der Waals surface area (Å²) in [7, 11) is 1.92. The van der Waals surface area contributed by atoms with Crippen molar-refractivity contribution in [3.8, 4) is 0 Å². The van der Waals surface area contributed by atoms with E-state index in [0.717, 1.165) is 47.0 Å². The van der Waals surface area contributed by atoms with Crippen molar-refractivity contribution in [3.05, 3.63) is 58.9 Å². The highest BCUT2D eigenvalue weighted by Gasteiger charge is 2.23. The number of hydrogen-bond donors (Lipinski definition) is 3. The van der Waals surface area contributed by atoms with Crippen LogP contribution in [0.4, 0.5) is 5.82 Å². The fraction of sp³-hybridized carbons (Fsp3) is 0.400. The number of aryl methyl sites for hydroxylation is 2. The van der Waals surface area contributed by atoms with Crippen LogP contribution in [0.3, 0.4) is 0 Å². The minimum absolute atomic E-state index is 0.0448. The molecule has 7 heteroatoms. The number of nitrogens with zero attached hydrogens (tertiary/aromatic N) is 4. The molecule has 27 heavy (non-hydrogen) atoms. The molecule has 142 valence electrons. The molecule has 0 fully saturated rings. The van der Waals surface area contributed by atoms with Gasteiger partial charge < -0.3 is 15.5 Å². The van der Waals surface area contributed by atoms with Gasteiger partial charge in [0.05, 0.1) is 6.04 Å². The fourth-order valence-electron chi connectivity index (χ4n) is 3.12. The van der Waals surface area contributed by atoms with Crippen molar-refractivity contribution in [2.24, 2.45) is 0 Å². The minimum atomic E-state index is -0.0448. The van der Waals surface area contributed by atoms with Gasteiger partial charge in [0.1, 0.15) is 17.5 Å². The van der Waals surface area contributed by atoms with Gasteiger partial charge in [-0.25, -0.2) is 15.0 Å². The fourth-order valence-corrected chi connectivity index (χ4v) is 3.12. The second-order valence-electron chi connectivity index (χ2n) is 6.88. The van der Waals surface area contributed by atoms with E-state index in [2.05, 4.69) is 36.6 Å². The largest absolute Gasteiger partial charge is 0.391 e. The van der Waals surface area contributed by atoms with E-state index in [-0.39, 0.29) is 6.04 Å². The Balaban J connectivity index is 1.75. The quantitative estimate of drug-likeness (QED) is 0.557. The maximum atomic E-state index is 8.63. The van der Waals surface area contributed by atoms with Crippen LogP contribution < -0.4 is 15.5 Å². The summed E-state index contributed by atoms with van der Waals surface area (Å²) in [5.74, 6) is 2.11. The number of amidine groups is 1. The predicted molar refractivity (Wildman–Crippen MR) is 108 cm³/mol. The van der Waals surface area contributed by atoms with Gasteiger partial charge in [0, 0.05) is 62.0 Å². The SMILES string of the molecule is CNC1=C(C(=N)N[C@H](C)c2cnc(C)nc2)CN(c2ccc(C)cn2)CC1. The van der Waals surface area contributed by atoms with Crippen molar-refractivity contribution in [1.82, 2.24) is 25.6 Å². The van der Waals surface area contributed by atoms with E-state index in [1.54, 1.807) is 0 Å². The van der Waals surface area contributed by atoms with Crippen LogP contribution in [0.15, 0.2) is 42.0 Å². The van der Waals surface area contributed by atoms with Gasteiger partial charge in [-0.05, 0) is 32.4 Å². The van der Waals surface area contributed by atoms with Gasteiger partial charge in [-0.3, -0.25) is 5.41 Å². The molecule has 0 aromatic carbocycles. The summed E-state index contributed by atoms with van der Waals surface area (Å²) in [5.41, 5.74) is 4.17. The molecular formula is C20H27N7. The first-order chi connectivity index (χ1) is 13.0. The molecule has 1 aliphatic rings. The van der Waals surface area contributed by atoms with Crippen molar-refractivity contribution >= 4 is 11.7 Å². The molecule has 0 unspecified atom stereocenters. The molecule has 1 aliphatic heterocycles. The number of nitrogens with one attached hydrogen (secondary N) is 3. The molecule has 0 aliphatic carbocycles. The first kappa shape index (κ1) is 18.8. The molecule has 3 heterocycles. The summed E-state index contributed by atoms with van der Waals surface area (Å²) >= 11 is 0. The summed E-state index contributed by atoms with van der Waals surface area (Å²) in [6.07, 6.45) is 6.36. The lowest BCUT2D eigenvalue weighted by Crippen LogP contribution is -2.41. The second-order valence-corrected chi connectivity index (χ2v) is 6.88. The molecule has 0 spiro atoms. The number of anilines is 1. The monoisotopic (exact) mass is 365 g/mol. The number of aromatic nitrogens is 3. The Kier molecular flexibility index (Phi) is 5.69. The summed E-state index contributed by atoms with van der Waals surface area (Å²) in [5, 5.41) is 15.2. The number of hydrogen-bond acceptors (Lipinski definition) is 6. The van der Waals surface area contributed by atoms with Crippen LogP contribution in [-0.4, -0.2) is 40.9 Å². The van der Waals surface area contributed by atoms with Crippen molar-refractivity contribution in [1.29, 1.82) is 5.41 Å². The zero-order chi connectivity index (χ0) is 19.4. The zero-order valence-corrected chi connectivity index (χ0v) is 16.4. The normalized spacial score (nSPS) is 15.5. The molecule has 1 atom stereocenters. The van der Waals surface area contributed by atoms with Gasteiger partial charge in [-0.1, -0.05) is 6.07 Å². The first-order valence-electron chi connectivity index (χ1n) is 9.19. The lowest BCUT2D eigenvalue weighted by atomic mass is 10.0.